The molecule has 4 nitrogen and oxygen atoms in total. The summed E-state index contributed by atoms with van der Waals surface area (Å²) in [5.41, 5.74) is 4.56. The van der Waals surface area contributed by atoms with Gasteiger partial charge >= 0.3 is 0 Å². The first-order chi connectivity index (χ1) is 8.94. The second kappa shape index (κ2) is 5.80. The summed E-state index contributed by atoms with van der Waals surface area (Å²) in [5.74, 6) is -0.204. The number of carbonyl (C=O) groups excluding carboxylic acids is 1. The second-order valence-corrected chi connectivity index (χ2v) is 6.88. The minimum absolute atomic E-state index is 0.204. The molecule has 0 aromatic heterocycles. The highest BCUT2D eigenvalue weighted by molar-refractivity contribution is 5.80. The monoisotopic (exact) mass is 268 g/mol. The molecule has 1 heterocycles. The van der Waals surface area contributed by atoms with Gasteiger partial charge < -0.3 is 10.8 Å². The molecule has 0 aromatic carbocycles. The Bertz CT molecular complexity index is 324. The van der Waals surface area contributed by atoms with Crippen LogP contribution in [0.15, 0.2) is 0 Å². The van der Waals surface area contributed by atoms with Gasteiger partial charge in [0.05, 0.1) is 11.0 Å². The summed E-state index contributed by atoms with van der Waals surface area (Å²) < 4.78 is 0. The van der Waals surface area contributed by atoms with Crippen LogP contribution < -0.4 is 5.73 Å². The molecular weight excluding hydrogens is 240 g/mol. The molecule has 1 amide bonds. The summed E-state index contributed by atoms with van der Waals surface area (Å²) in [4.78, 5) is 13.8. The maximum atomic E-state index is 11.6. The molecule has 110 valence electrons. The van der Waals surface area contributed by atoms with Crippen molar-refractivity contribution in [3.63, 3.8) is 0 Å². The van der Waals surface area contributed by atoms with Crippen molar-refractivity contribution in [3.05, 3.63) is 0 Å². The van der Waals surface area contributed by atoms with Crippen molar-refractivity contribution in [1.29, 1.82) is 0 Å². The minimum Gasteiger partial charge on any atom is -0.389 e. The van der Waals surface area contributed by atoms with E-state index in [1.54, 1.807) is 0 Å². The lowest BCUT2D eigenvalue weighted by Gasteiger charge is -2.42. The Balaban J connectivity index is 1.96. The van der Waals surface area contributed by atoms with Crippen LogP contribution in [0.4, 0.5) is 0 Å². The minimum atomic E-state index is -0.549. The number of hydrogen-bond donors (Lipinski definition) is 2. The highest BCUT2D eigenvalue weighted by Gasteiger charge is 2.39. The SMILES string of the molecule is CC1(C(N)=O)CCCN(CC2(O)CCCCCC2)C1. The average molecular weight is 268 g/mol. The number of carbonyl (C=O) groups is 1. The Morgan fingerprint density at radius 2 is 1.79 bits per heavy atom. The first kappa shape index (κ1) is 14.8. The van der Waals surface area contributed by atoms with E-state index in [-0.39, 0.29) is 5.91 Å². The smallest absolute Gasteiger partial charge is 0.224 e. The van der Waals surface area contributed by atoms with Crippen LogP contribution in [0.25, 0.3) is 0 Å². The highest BCUT2D eigenvalue weighted by Crippen LogP contribution is 2.33. The van der Waals surface area contributed by atoms with Crippen LogP contribution in [0.2, 0.25) is 0 Å². The Kier molecular flexibility index (Phi) is 4.51. The van der Waals surface area contributed by atoms with Crippen LogP contribution >= 0.6 is 0 Å². The molecule has 1 saturated heterocycles. The summed E-state index contributed by atoms with van der Waals surface area (Å²) in [6.07, 6.45) is 8.39. The Labute approximate surface area is 116 Å². The van der Waals surface area contributed by atoms with Gasteiger partial charge in [0, 0.05) is 13.1 Å². The van der Waals surface area contributed by atoms with Crippen LogP contribution in [0.5, 0.6) is 0 Å². The van der Waals surface area contributed by atoms with E-state index in [0.29, 0.717) is 13.1 Å². The number of likely N-dealkylation sites (tertiary alicyclic amines) is 1. The lowest BCUT2D eigenvalue weighted by Crippen LogP contribution is -2.53. The molecule has 0 radical (unpaired) electrons. The van der Waals surface area contributed by atoms with Gasteiger partial charge in [-0.05, 0) is 39.2 Å². The first-order valence-electron chi connectivity index (χ1n) is 7.68. The van der Waals surface area contributed by atoms with Crippen molar-refractivity contribution in [2.24, 2.45) is 11.1 Å². The van der Waals surface area contributed by atoms with E-state index in [1.807, 2.05) is 6.92 Å². The molecule has 2 rings (SSSR count). The van der Waals surface area contributed by atoms with Crippen molar-refractivity contribution < 1.29 is 9.90 Å². The molecule has 4 heteroatoms. The standard InChI is InChI=1S/C15H28N2O2/c1-14(13(16)18)7-6-10-17(11-14)12-15(19)8-4-2-3-5-9-15/h19H,2-12H2,1H3,(H2,16,18). The van der Waals surface area contributed by atoms with Crippen LogP contribution in [-0.4, -0.2) is 41.1 Å². The molecule has 0 aromatic rings. The first-order valence-corrected chi connectivity index (χ1v) is 7.68. The lowest BCUT2D eigenvalue weighted by atomic mass is 9.80. The summed E-state index contributed by atoms with van der Waals surface area (Å²) in [5, 5.41) is 10.8. The van der Waals surface area contributed by atoms with Crippen molar-refractivity contribution in [1.82, 2.24) is 4.90 Å². The molecule has 1 unspecified atom stereocenters. The quantitative estimate of drug-likeness (QED) is 0.765. The number of β-amino-alcohol motifs (C(OH)–C–C–N with tert-alkyl or cyclic N) is 1. The van der Waals surface area contributed by atoms with Gasteiger partial charge in [0.1, 0.15) is 0 Å². The Morgan fingerprint density at radius 3 is 2.37 bits per heavy atom. The molecule has 0 bridgehead atoms. The fourth-order valence-electron chi connectivity index (χ4n) is 3.64. The van der Waals surface area contributed by atoms with E-state index < -0.39 is 11.0 Å². The molecule has 3 N–H and O–H groups in total. The van der Waals surface area contributed by atoms with E-state index in [2.05, 4.69) is 4.90 Å². The third-order valence-electron chi connectivity index (χ3n) is 4.92. The van der Waals surface area contributed by atoms with Crippen molar-refractivity contribution in [2.75, 3.05) is 19.6 Å². The van der Waals surface area contributed by atoms with Crippen LogP contribution in [-0.2, 0) is 4.79 Å². The van der Waals surface area contributed by atoms with Gasteiger partial charge in [-0.1, -0.05) is 25.7 Å². The number of rotatable bonds is 3. The van der Waals surface area contributed by atoms with Crippen molar-refractivity contribution in [2.45, 2.75) is 63.9 Å². The van der Waals surface area contributed by atoms with E-state index in [1.165, 1.54) is 12.8 Å². The second-order valence-electron chi connectivity index (χ2n) is 6.88. The fourth-order valence-corrected chi connectivity index (χ4v) is 3.64. The largest absolute Gasteiger partial charge is 0.389 e. The molecule has 1 aliphatic heterocycles. The van der Waals surface area contributed by atoms with Gasteiger partial charge in [-0.15, -0.1) is 0 Å². The zero-order chi connectivity index (χ0) is 13.9. The zero-order valence-electron chi connectivity index (χ0n) is 12.2. The van der Waals surface area contributed by atoms with E-state index in [0.717, 1.165) is 45.1 Å². The molecule has 0 spiro atoms. The molecule has 2 aliphatic rings. The Hall–Kier alpha value is -0.610. The van der Waals surface area contributed by atoms with Gasteiger partial charge in [0.15, 0.2) is 0 Å². The van der Waals surface area contributed by atoms with E-state index in [4.69, 9.17) is 5.73 Å². The number of primary amides is 1. The summed E-state index contributed by atoms with van der Waals surface area (Å²) >= 11 is 0. The van der Waals surface area contributed by atoms with E-state index >= 15 is 0 Å². The lowest BCUT2D eigenvalue weighted by molar-refractivity contribution is -0.131. The van der Waals surface area contributed by atoms with Gasteiger partial charge in [-0.25, -0.2) is 0 Å². The number of aliphatic hydroxyl groups is 1. The fraction of sp³-hybridized carbons (Fsp3) is 0.933. The van der Waals surface area contributed by atoms with Crippen LogP contribution in [0.3, 0.4) is 0 Å². The van der Waals surface area contributed by atoms with Gasteiger partial charge in [0.2, 0.25) is 5.91 Å². The predicted octanol–water partition coefficient (Wildman–Crippen LogP) is 1.66. The molecular formula is C15H28N2O2. The molecule has 19 heavy (non-hydrogen) atoms. The van der Waals surface area contributed by atoms with Gasteiger partial charge in [-0.2, -0.15) is 0 Å². The number of piperidine rings is 1. The molecule has 2 fully saturated rings. The molecule has 1 atom stereocenters. The van der Waals surface area contributed by atoms with Crippen molar-refractivity contribution >= 4 is 5.91 Å². The van der Waals surface area contributed by atoms with Crippen LogP contribution in [0, 0.1) is 5.41 Å². The molecule has 1 aliphatic carbocycles. The number of amides is 1. The number of nitrogens with zero attached hydrogens (tertiary/aromatic N) is 1. The van der Waals surface area contributed by atoms with Crippen molar-refractivity contribution in [3.8, 4) is 0 Å². The van der Waals surface area contributed by atoms with Gasteiger partial charge in [-0.3, -0.25) is 9.69 Å². The topological polar surface area (TPSA) is 66.6 Å². The highest BCUT2D eigenvalue weighted by atomic mass is 16.3. The van der Waals surface area contributed by atoms with E-state index in [9.17, 15) is 9.90 Å². The maximum Gasteiger partial charge on any atom is 0.224 e. The third-order valence-corrected chi connectivity index (χ3v) is 4.92. The summed E-state index contributed by atoms with van der Waals surface area (Å²) in [7, 11) is 0. The number of hydrogen-bond acceptors (Lipinski definition) is 3. The number of nitrogens with two attached hydrogens (primary N) is 1. The zero-order valence-corrected chi connectivity index (χ0v) is 12.2. The normalized spacial score (nSPS) is 32.7. The summed E-state index contributed by atoms with van der Waals surface area (Å²) in [6.45, 7) is 4.34. The van der Waals surface area contributed by atoms with Gasteiger partial charge in [0.25, 0.3) is 0 Å². The maximum absolute atomic E-state index is 11.6. The third kappa shape index (κ3) is 3.69. The summed E-state index contributed by atoms with van der Waals surface area (Å²) in [6, 6.07) is 0. The van der Waals surface area contributed by atoms with Crippen LogP contribution in [0.1, 0.15) is 58.3 Å². The molecule has 1 saturated carbocycles. The average Bonchev–Trinajstić information content (AvgIpc) is 2.54. The Morgan fingerprint density at radius 1 is 1.16 bits per heavy atom. The predicted molar refractivity (Wildman–Crippen MR) is 75.6 cm³/mol.